The van der Waals surface area contributed by atoms with Crippen LogP contribution in [0.1, 0.15) is 72.0 Å². The monoisotopic (exact) mass is 639 g/mol. The smallest absolute Gasteiger partial charge is 0.548 e. The Labute approximate surface area is 290 Å². The van der Waals surface area contributed by atoms with Crippen molar-refractivity contribution in [2.45, 2.75) is 77.2 Å². The van der Waals surface area contributed by atoms with E-state index in [1.165, 1.54) is 43.9 Å². The summed E-state index contributed by atoms with van der Waals surface area (Å²) in [7, 11) is 1.66. The Morgan fingerprint density at radius 2 is 1.67 bits per heavy atom. The number of aliphatic carboxylic acids is 1. The van der Waals surface area contributed by atoms with Crippen molar-refractivity contribution in [1.29, 1.82) is 0 Å². The maximum atomic E-state index is 13.4. The van der Waals surface area contributed by atoms with Crippen molar-refractivity contribution >= 4 is 23.6 Å². The molecule has 3 aromatic carbocycles. The summed E-state index contributed by atoms with van der Waals surface area (Å²) < 4.78 is 18.0. The van der Waals surface area contributed by atoms with Gasteiger partial charge in [0.05, 0.1) is 45.0 Å². The van der Waals surface area contributed by atoms with Gasteiger partial charge in [0, 0.05) is 5.56 Å². The minimum Gasteiger partial charge on any atom is -0.548 e. The number of carboxylic acids is 1. The molecule has 1 saturated carbocycles. The second-order valence-corrected chi connectivity index (χ2v) is 12.8. The summed E-state index contributed by atoms with van der Waals surface area (Å²) in [6.45, 7) is 3.34. The molecule has 0 aromatic heterocycles. The molecular formula is C37H46LiNO6S. The van der Waals surface area contributed by atoms with Gasteiger partial charge >= 0.3 is 18.9 Å². The van der Waals surface area contributed by atoms with Crippen molar-refractivity contribution in [3.8, 4) is 16.9 Å². The molecule has 46 heavy (non-hydrogen) atoms. The van der Waals surface area contributed by atoms with Crippen LogP contribution >= 0.6 is 11.8 Å². The van der Waals surface area contributed by atoms with Gasteiger partial charge in [-0.2, -0.15) is 11.8 Å². The van der Waals surface area contributed by atoms with Gasteiger partial charge in [-0.05, 0) is 89.8 Å². The average Bonchev–Trinajstić information content (AvgIpc) is 3.06. The zero-order chi connectivity index (χ0) is 32.0. The van der Waals surface area contributed by atoms with Crippen LogP contribution in [0.4, 0.5) is 0 Å². The number of aryl methyl sites for hydroxylation is 1. The van der Waals surface area contributed by atoms with Crippen molar-refractivity contribution in [3.63, 3.8) is 0 Å². The van der Waals surface area contributed by atoms with Crippen molar-refractivity contribution < 1.29 is 47.8 Å². The predicted molar refractivity (Wildman–Crippen MR) is 178 cm³/mol. The standard InChI is InChI=1S/C37H47NO6S.Li/c1-26-9-7-8-12-32(26)34-22-29(15-18-33(34)36(39)38-35(37(40)41)19-20-45-3)23-43-25-31(21-27-10-5-4-6-11-27)44-24-28-13-16-30(42-2)17-14-28;/h7-9,12-18,22,27,31,35H,4-6,10-11,19-21,23-25H2,1-3H3,(H,38,39)(H,40,41);/q;+1/p-1/t31?,35-;/m0./s1. The first-order chi connectivity index (χ1) is 21.9. The average molecular weight is 640 g/mol. The zero-order valence-electron chi connectivity index (χ0n) is 27.7. The van der Waals surface area contributed by atoms with Crippen molar-refractivity contribution in [3.05, 3.63) is 89.0 Å². The number of carboxylic acid groups (broad SMARTS) is 1. The van der Waals surface area contributed by atoms with E-state index in [9.17, 15) is 14.7 Å². The number of thioether (sulfide) groups is 1. The molecule has 1 fully saturated rings. The summed E-state index contributed by atoms with van der Waals surface area (Å²) in [6.07, 6.45) is 9.48. The molecule has 1 unspecified atom stereocenters. The van der Waals surface area contributed by atoms with Crippen molar-refractivity contribution in [2.24, 2.45) is 5.92 Å². The molecule has 4 rings (SSSR count). The van der Waals surface area contributed by atoms with Gasteiger partial charge < -0.3 is 29.4 Å². The summed E-state index contributed by atoms with van der Waals surface area (Å²) in [6, 6.07) is 20.4. The molecule has 0 saturated heterocycles. The molecule has 1 aliphatic rings. The first-order valence-electron chi connectivity index (χ1n) is 15.9. The molecule has 0 bridgehead atoms. The fourth-order valence-corrected chi connectivity index (χ4v) is 6.39. The molecular weight excluding hydrogens is 593 g/mol. The molecule has 2 atom stereocenters. The second kappa shape index (κ2) is 19.8. The molecule has 3 aromatic rings. The minimum atomic E-state index is -1.28. The maximum Gasteiger partial charge on any atom is 1.00 e. The molecule has 9 heteroatoms. The largest absolute Gasteiger partial charge is 1.00 e. The summed E-state index contributed by atoms with van der Waals surface area (Å²) >= 11 is 1.53. The van der Waals surface area contributed by atoms with Crippen LogP contribution in [0.15, 0.2) is 66.7 Å². The SMILES string of the molecule is COc1ccc(COC(COCc2ccc(C(=O)N[C@@H](CCSC)C(=O)[O-])c(-c3ccccc3C)c2)CC2CCCCC2)cc1.[Li+]. The first-order valence-corrected chi connectivity index (χ1v) is 17.3. The third-order valence-corrected chi connectivity index (χ3v) is 9.15. The van der Waals surface area contributed by atoms with Gasteiger partial charge in [0.25, 0.3) is 5.91 Å². The Morgan fingerprint density at radius 3 is 2.35 bits per heavy atom. The van der Waals surface area contributed by atoms with E-state index in [1.54, 1.807) is 13.2 Å². The molecule has 1 amide bonds. The quantitative estimate of drug-likeness (QED) is 0.227. The predicted octanol–water partition coefficient (Wildman–Crippen LogP) is 3.35. The van der Waals surface area contributed by atoms with Gasteiger partial charge in [-0.1, -0.05) is 74.6 Å². The molecule has 0 spiro atoms. The van der Waals surface area contributed by atoms with E-state index in [0.717, 1.165) is 40.0 Å². The molecule has 0 heterocycles. The number of hydrogen-bond acceptors (Lipinski definition) is 7. The summed E-state index contributed by atoms with van der Waals surface area (Å²) in [5, 5.41) is 14.4. The molecule has 242 valence electrons. The van der Waals surface area contributed by atoms with E-state index < -0.39 is 17.9 Å². The molecule has 1 aliphatic carbocycles. The minimum absolute atomic E-state index is 0. The summed E-state index contributed by atoms with van der Waals surface area (Å²) in [5.74, 6) is 0.358. The van der Waals surface area contributed by atoms with E-state index >= 15 is 0 Å². The van der Waals surface area contributed by atoms with Crippen LogP contribution in [0.5, 0.6) is 5.75 Å². The van der Waals surface area contributed by atoms with Gasteiger partial charge in [-0.25, -0.2) is 0 Å². The Bertz CT molecular complexity index is 1380. The number of nitrogens with one attached hydrogen (secondary N) is 1. The van der Waals surface area contributed by atoms with E-state index in [2.05, 4.69) is 5.32 Å². The van der Waals surface area contributed by atoms with Gasteiger partial charge in [0.2, 0.25) is 0 Å². The Kier molecular flexibility index (Phi) is 16.3. The molecule has 0 radical (unpaired) electrons. The van der Waals surface area contributed by atoms with E-state index in [-0.39, 0.29) is 25.0 Å². The van der Waals surface area contributed by atoms with E-state index in [4.69, 9.17) is 14.2 Å². The molecule has 7 nitrogen and oxygen atoms in total. The van der Waals surface area contributed by atoms with Gasteiger partial charge in [-0.3, -0.25) is 4.79 Å². The van der Waals surface area contributed by atoms with E-state index in [1.807, 2.05) is 73.8 Å². The molecule has 0 aliphatic heterocycles. The Balaban J connectivity index is 0.00000576. The Morgan fingerprint density at radius 1 is 0.957 bits per heavy atom. The van der Waals surface area contributed by atoms with Gasteiger partial charge in [-0.15, -0.1) is 0 Å². The maximum absolute atomic E-state index is 13.4. The normalized spacial score (nSPS) is 14.6. The van der Waals surface area contributed by atoms with Gasteiger partial charge in [0.1, 0.15) is 5.75 Å². The number of carbonyl (C=O) groups is 2. The van der Waals surface area contributed by atoms with Crippen LogP contribution in [-0.4, -0.2) is 49.7 Å². The van der Waals surface area contributed by atoms with Crippen LogP contribution in [0, 0.1) is 12.8 Å². The zero-order valence-corrected chi connectivity index (χ0v) is 28.5. The first kappa shape index (κ1) is 37.7. The number of carbonyl (C=O) groups excluding carboxylic acids is 2. The Hall–Kier alpha value is -2.73. The van der Waals surface area contributed by atoms with Crippen LogP contribution in [0.25, 0.3) is 11.1 Å². The number of methoxy groups -OCH3 is 1. The number of benzene rings is 3. The summed E-state index contributed by atoms with van der Waals surface area (Å²) in [4.78, 5) is 25.1. The second-order valence-electron chi connectivity index (χ2n) is 11.9. The van der Waals surface area contributed by atoms with Crippen LogP contribution < -0.4 is 34.0 Å². The van der Waals surface area contributed by atoms with E-state index in [0.29, 0.717) is 43.5 Å². The molecule has 1 N–H and O–H groups in total. The summed E-state index contributed by atoms with van der Waals surface area (Å²) in [5.41, 5.74) is 5.11. The van der Waals surface area contributed by atoms with Gasteiger partial charge in [0.15, 0.2) is 0 Å². The van der Waals surface area contributed by atoms with Crippen molar-refractivity contribution in [2.75, 3.05) is 25.7 Å². The fraction of sp³-hybridized carbons (Fsp3) is 0.459. The topological polar surface area (TPSA) is 96.9 Å². The number of ether oxygens (including phenoxy) is 3. The fourth-order valence-electron chi connectivity index (χ4n) is 5.92. The van der Waals surface area contributed by atoms with Crippen LogP contribution in [0.3, 0.4) is 0 Å². The number of hydrogen-bond donors (Lipinski definition) is 1. The third-order valence-electron chi connectivity index (χ3n) is 8.50. The number of amides is 1. The van der Waals surface area contributed by atoms with Crippen molar-refractivity contribution in [1.82, 2.24) is 5.32 Å². The van der Waals surface area contributed by atoms with Crippen LogP contribution in [0.2, 0.25) is 0 Å². The van der Waals surface area contributed by atoms with Crippen LogP contribution in [-0.2, 0) is 27.5 Å². The number of rotatable bonds is 17. The third kappa shape index (κ3) is 11.5.